The lowest BCUT2D eigenvalue weighted by molar-refractivity contribution is -0.384. The SMILES string of the molecule is CCNCc1cc(-c2ccccc2[N+](=O)[O-])on1. The molecule has 0 amide bonds. The fourth-order valence-electron chi connectivity index (χ4n) is 1.62. The van der Waals surface area contributed by atoms with E-state index in [2.05, 4.69) is 10.5 Å². The van der Waals surface area contributed by atoms with Gasteiger partial charge in [-0.05, 0) is 12.6 Å². The molecule has 1 aromatic heterocycles. The molecule has 18 heavy (non-hydrogen) atoms. The van der Waals surface area contributed by atoms with Crippen molar-refractivity contribution in [2.24, 2.45) is 0 Å². The molecule has 6 nitrogen and oxygen atoms in total. The summed E-state index contributed by atoms with van der Waals surface area (Å²) in [7, 11) is 0. The minimum absolute atomic E-state index is 0.0173. The second kappa shape index (κ2) is 5.42. The van der Waals surface area contributed by atoms with Crippen LogP contribution in [0.2, 0.25) is 0 Å². The summed E-state index contributed by atoms with van der Waals surface area (Å²) in [6.07, 6.45) is 0. The highest BCUT2D eigenvalue weighted by Crippen LogP contribution is 2.29. The van der Waals surface area contributed by atoms with E-state index < -0.39 is 4.92 Å². The number of nitrogens with zero attached hydrogens (tertiary/aromatic N) is 2. The van der Waals surface area contributed by atoms with Crippen molar-refractivity contribution in [2.75, 3.05) is 6.54 Å². The molecular formula is C12H13N3O3. The maximum absolute atomic E-state index is 10.9. The highest BCUT2D eigenvalue weighted by molar-refractivity contribution is 5.69. The van der Waals surface area contributed by atoms with Gasteiger partial charge in [0.05, 0.1) is 16.2 Å². The molecule has 0 aliphatic rings. The number of para-hydroxylation sites is 1. The normalized spacial score (nSPS) is 10.5. The minimum Gasteiger partial charge on any atom is -0.356 e. The van der Waals surface area contributed by atoms with Crippen molar-refractivity contribution in [3.05, 3.63) is 46.1 Å². The van der Waals surface area contributed by atoms with Crippen molar-refractivity contribution in [3.8, 4) is 11.3 Å². The Morgan fingerprint density at radius 2 is 2.22 bits per heavy atom. The zero-order valence-electron chi connectivity index (χ0n) is 9.92. The van der Waals surface area contributed by atoms with Crippen LogP contribution in [0.1, 0.15) is 12.6 Å². The Bertz CT molecular complexity index is 551. The van der Waals surface area contributed by atoms with Gasteiger partial charge in [-0.15, -0.1) is 0 Å². The van der Waals surface area contributed by atoms with Gasteiger partial charge in [0.2, 0.25) is 0 Å². The quantitative estimate of drug-likeness (QED) is 0.648. The number of aromatic nitrogens is 1. The molecule has 0 fully saturated rings. The minimum atomic E-state index is -0.429. The summed E-state index contributed by atoms with van der Waals surface area (Å²) in [5, 5.41) is 17.9. The van der Waals surface area contributed by atoms with Crippen LogP contribution in [0.3, 0.4) is 0 Å². The van der Waals surface area contributed by atoms with E-state index >= 15 is 0 Å². The smallest absolute Gasteiger partial charge is 0.280 e. The molecule has 0 atom stereocenters. The number of hydrogen-bond acceptors (Lipinski definition) is 5. The molecule has 1 N–H and O–H groups in total. The highest BCUT2D eigenvalue weighted by Gasteiger charge is 2.17. The number of nitro benzene ring substituents is 1. The number of nitro groups is 1. The van der Waals surface area contributed by atoms with Gasteiger partial charge < -0.3 is 9.84 Å². The Morgan fingerprint density at radius 3 is 2.94 bits per heavy atom. The Balaban J connectivity index is 2.31. The Morgan fingerprint density at radius 1 is 1.44 bits per heavy atom. The third-order valence-electron chi connectivity index (χ3n) is 2.48. The van der Waals surface area contributed by atoms with E-state index in [4.69, 9.17) is 4.52 Å². The maximum Gasteiger partial charge on any atom is 0.280 e. The summed E-state index contributed by atoms with van der Waals surface area (Å²) in [4.78, 5) is 10.5. The zero-order valence-corrected chi connectivity index (χ0v) is 9.92. The second-order valence-corrected chi connectivity index (χ2v) is 3.74. The monoisotopic (exact) mass is 247 g/mol. The van der Waals surface area contributed by atoms with Crippen molar-refractivity contribution < 1.29 is 9.45 Å². The Kier molecular flexibility index (Phi) is 3.69. The molecule has 2 rings (SSSR count). The van der Waals surface area contributed by atoms with Crippen LogP contribution < -0.4 is 5.32 Å². The number of nitrogens with one attached hydrogen (secondary N) is 1. The molecule has 1 aromatic carbocycles. The fourth-order valence-corrected chi connectivity index (χ4v) is 1.62. The number of hydrogen-bond donors (Lipinski definition) is 1. The summed E-state index contributed by atoms with van der Waals surface area (Å²) in [6.45, 7) is 3.40. The van der Waals surface area contributed by atoms with Crippen LogP contribution in [0.5, 0.6) is 0 Å². The summed E-state index contributed by atoms with van der Waals surface area (Å²) in [5.41, 5.74) is 1.19. The van der Waals surface area contributed by atoms with Gasteiger partial charge in [0.1, 0.15) is 0 Å². The first kappa shape index (κ1) is 12.3. The Labute approximate surface area is 104 Å². The van der Waals surface area contributed by atoms with Gasteiger partial charge in [-0.2, -0.15) is 0 Å². The third-order valence-corrected chi connectivity index (χ3v) is 2.48. The molecule has 0 saturated heterocycles. The molecule has 94 valence electrons. The lowest BCUT2D eigenvalue weighted by Crippen LogP contribution is -2.11. The largest absolute Gasteiger partial charge is 0.356 e. The summed E-state index contributed by atoms with van der Waals surface area (Å²) >= 11 is 0. The van der Waals surface area contributed by atoms with Crippen LogP contribution in [-0.4, -0.2) is 16.6 Å². The molecule has 2 aromatic rings. The topological polar surface area (TPSA) is 81.2 Å². The molecule has 1 heterocycles. The number of rotatable bonds is 5. The standard InChI is InChI=1S/C12H13N3O3/c1-2-13-8-9-7-12(18-14-9)10-5-3-4-6-11(10)15(16)17/h3-7,13H,2,8H2,1H3. The van der Waals surface area contributed by atoms with Gasteiger partial charge >= 0.3 is 0 Å². The molecule has 0 bridgehead atoms. The summed E-state index contributed by atoms with van der Waals surface area (Å²) in [5.74, 6) is 0.412. The van der Waals surface area contributed by atoms with E-state index in [1.54, 1.807) is 24.3 Å². The van der Waals surface area contributed by atoms with E-state index in [1.807, 2.05) is 6.92 Å². The fraction of sp³-hybridized carbons (Fsp3) is 0.250. The lowest BCUT2D eigenvalue weighted by Gasteiger charge is -1.97. The van der Waals surface area contributed by atoms with E-state index in [0.29, 0.717) is 17.9 Å². The van der Waals surface area contributed by atoms with Gasteiger partial charge in [-0.1, -0.05) is 24.2 Å². The molecule has 0 aliphatic carbocycles. The predicted molar refractivity (Wildman–Crippen MR) is 66.0 cm³/mol. The van der Waals surface area contributed by atoms with E-state index in [9.17, 15) is 10.1 Å². The van der Waals surface area contributed by atoms with Crippen LogP contribution in [0.4, 0.5) is 5.69 Å². The molecule has 0 radical (unpaired) electrons. The summed E-state index contributed by atoms with van der Waals surface area (Å²) in [6, 6.07) is 8.16. The Hall–Kier alpha value is -2.21. The average Bonchev–Trinajstić information content (AvgIpc) is 2.85. The van der Waals surface area contributed by atoms with Crippen molar-refractivity contribution >= 4 is 5.69 Å². The molecule has 0 saturated carbocycles. The van der Waals surface area contributed by atoms with Gasteiger partial charge in [-0.3, -0.25) is 10.1 Å². The summed E-state index contributed by atoms with van der Waals surface area (Å²) < 4.78 is 5.14. The third kappa shape index (κ3) is 2.54. The van der Waals surface area contributed by atoms with Crippen LogP contribution in [0, 0.1) is 10.1 Å². The average molecular weight is 247 g/mol. The van der Waals surface area contributed by atoms with E-state index in [1.165, 1.54) is 6.07 Å². The highest BCUT2D eigenvalue weighted by atomic mass is 16.6. The van der Waals surface area contributed by atoms with E-state index in [0.717, 1.165) is 12.2 Å². The van der Waals surface area contributed by atoms with Gasteiger partial charge in [0, 0.05) is 18.7 Å². The molecule has 6 heteroatoms. The van der Waals surface area contributed by atoms with Crippen molar-refractivity contribution in [2.45, 2.75) is 13.5 Å². The second-order valence-electron chi connectivity index (χ2n) is 3.74. The van der Waals surface area contributed by atoms with Crippen LogP contribution in [0.15, 0.2) is 34.9 Å². The van der Waals surface area contributed by atoms with Crippen LogP contribution in [-0.2, 0) is 6.54 Å². The van der Waals surface area contributed by atoms with Crippen molar-refractivity contribution in [3.63, 3.8) is 0 Å². The first-order chi connectivity index (χ1) is 8.72. The van der Waals surface area contributed by atoms with Gasteiger partial charge in [0.25, 0.3) is 5.69 Å². The maximum atomic E-state index is 10.9. The van der Waals surface area contributed by atoms with Crippen LogP contribution >= 0.6 is 0 Å². The van der Waals surface area contributed by atoms with Gasteiger partial charge in [-0.25, -0.2) is 0 Å². The van der Waals surface area contributed by atoms with Gasteiger partial charge in [0.15, 0.2) is 5.76 Å². The zero-order chi connectivity index (χ0) is 13.0. The first-order valence-corrected chi connectivity index (χ1v) is 5.62. The van der Waals surface area contributed by atoms with Crippen molar-refractivity contribution in [1.82, 2.24) is 10.5 Å². The van der Waals surface area contributed by atoms with Crippen molar-refractivity contribution in [1.29, 1.82) is 0 Å². The van der Waals surface area contributed by atoms with Crippen LogP contribution in [0.25, 0.3) is 11.3 Å². The molecule has 0 spiro atoms. The molecular weight excluding hydrogens is 234 g/mol. The number of benzene rings is 1. The molecule has 0 unspecified atom stereocenters. The first-order valence-electron chi connectivity index (χ1n) is 5.62. The lowest BCUT2D eigenvalue weighted by atomic mass is 10.1. The predicted octanol–water partition coefficient (Wildman–Crippen LogP) is 2.36. The molecule has 0 aliphatic heterocycles. The van der Waals surface area contributed by atoms with E-state index in [-0.39, 0.29) is 5.69 Å².